The Kier molecular flexibility index (Phi) is 9.67. The fourth-order valence-electron chi connectivity index (χ4n) is 1.38. The molecule has 0 aromatic rings. The monoisotopic (exact) mass is 246 g/mol. The molecule has 0 saturated heterocycles. The van der Waals surface area contributed by atoms with Crippen LogP contribution in [0.4, 0.5) is 0 Å². The van der Waals surface area contributed by atoms with Crippen molar-refractivity contribution in [3.05, 3.63) is 12.8 Å². The van der Waals surface area contributed by atoms with E-state index in [0.717, 1.165) is 38.5 Å². The smallest absolute Gasteiger partial charge is 0.335 e. The second-order valence-corrected chi connectivity index (χ2v) is 7.32. The second-order valence-electron chi connectivity index (χ2n) is 3.97. The van der Waals surface area contributed by atoms with E-state index in [1.807, 2.05) is 0 Å². The minimum absolute atomic E-state index is 0.705. The Labute approximate surface area is 101 Å². The van der Waals surface area contributed by atoms with Gasteiger partial charge in [-0.25, -0.2) is 0 Å². The maximum Gasteiger partial charge on any atom is 0.335 e. The topological polar surface area (TPSA) is 27.7 Å². The van der Waals surface area contributed by atoms with Gasteiger partial charge in [0.15, 0.2) is 0 Å². The lowest BCUT2D eigenvalue weighted by atomic mass is 10.5. The van der Waals surface area contributed by atoms with Crippen molar-refractivity contribution in [1.82, 2.24) is 0 Å². The number of rotatable bonds is 11. The van der Waals surface area contributed by atoms with E-state index in [1.165, 1.54) is 6.26 Å². The van der Waals surface area contributed by atoms with E-state index < -0.39 is 8.56 Å². The van der Waals surface area contributed by atoms with Crippen LogP contribution in [0, 0.1) is 0 Å². The first-order valence-corrected chi connectivity index (χ1v) is 8.71. The standard InChI is InChI=1S/C12H26O3Si/c1-5-9-14-16(4,15-10-6-2)12-8-11-13-7-3/h7H,3,5-6,8-12H2,1-2,4H3. The maximum absolute atomic E-state index is 5.90. The molecule has 0 heterocycles. The zero-order chi connectivity index (χ0) is 12.3. The molecule has 0 aliphatic carbocycles. The minimum atomic E-state index is -1.96. The highest BCUT2D eigenvalue weighted by Gasteiger charge is 2.30. The Morgan fingerprint density at radius 1 is 1.06 bits per heavy atom. The highest BCUT2D eigenvalue weighted by molar-refractivity contribution is 6.66. The van der Waals surface area contributed by atoms with Gasteiger partial charge in [-0.2, -0.15) is 0 Å². The molecular weight excluding hydrogens is 220 g/mol. The van der Waals surface area contributed by atoms with Gasteiger partial charge >= 0.3 is 8.56 Å². The van der Waals surface area contributed by atoms with E-state index in [-0.39, 0.29) is 0 Å². The van der Waals surface area contributed by atoms with E-state index in [9.17, 15) is 0 Å². The van der Waals surface area contributed by atoms with Crippen LogP contribution in [0.3, 0.4) is 0 Å². The third kappa shape index (κ3) is 7.90. The molecule has 4 heteroatoms. The Morgan fingerprint density at radius 2 is 1.62 bits per heavy atom. The Balaban J connectivity index is 3.91. The van der Waals surface area contributed by atoms with Gasteiger partial charge in [0.25, 0.3) is 0 Å². The molecular formula is C12H26O3Si. The molecule has 16 heavy (non-hydrogen) atoms. The molecule has 0 rings (SSSR count). The van der Waals surface area contributed by atoms with Crippen LogP contribution in [0.15, 0.2) is 12.8 Å². The molecule has 0 fully saturated rings. The summed E-state index contributed by atoms with van der Waals surface area (Å²) < 4.78 is 16.9. The van der Waals surface area contributed by atoms with Crippen molar-refractivity contribution in [2.45, 2.75) is 45.7 Å². The average Bonchev–Trinajstić information content (AvgIpc) is 2.30. The summed E-state index contributed by atoms with van der Waals surface area (Å²) in [5.41, 5.74) is 0. The quantitative estimate of drug-likeness (QED) is 0.317. The third-order valence-electron chi connectivity index (χ3n) is 2.23. The van der Waals surface area contributed by atoms with Crippen molar-refractivity contribution in [2.24, 2.45) is 0 Å². The van der Waals surface area contributed by atoms with Crippen molar-refractivity contribution in [2.75, 3.05) is 19.8 Å². The normalized spacial score (nSPS) is 11.4. The van der Waals surface area contributed by atoms with Gasteiger partial charge in [0.1, 0.15) is 0 Å². The summed E-state index contributed by atoms with van der Waals surface area (Å²) >= 11 is 0. The summed E-state index contributed by atoms with van der Waals surface area (Å²) in [4.78, 5) is 0. The summed E-state index contributed by atoms with van der Waals surface area (Å²) in [7, 11) is -1.96. The molecule has 3 nitrogen and oxygen atoms in total. The Hall–Kier alpha value is -0.323. The van der Waals surface area contributed by atoms with Crippen molar-refractivity contribution >= 4 is 8.56 Å². The average molecular weight is 246 g/mol. The van der Waals surface area contributed by atoms with Crippen LogP contribution in [0.2, 0.25) is 12.6 Å². The highest BCUT2D eigenvalue weighted by Crippen LogP contribution is 2.16. The molecule has 0 N–H and O–H groups in total. The van der Waals surface area contributed by atoms with Gasteiger partial charge in [-0.15, -0.1) is 0 Å². The number of hydrogen-bond donors (Lipinski definition) is 0. The van der Waals surface area contributed by atoms with Gasteiger partial charge < -0.3 is 13.6 Å². The zero-order valence-electron chi connectivity index (χ0n) is 11.0. The molecule has 0 saturated carbocycles. The largest absolute Gasteiger partial charge is 0.502 e. The highest BCUT2D eigenvalue weighted by atomic mass is 28.4. The van der Waals surface area contributed by atoms with Crippen LogP contribution in [0.1, 0.15) is 33.1 Å². The predicted molar refractivity (Wildman–Crippen MR) is 69.7 cm³/mol. The van der Waals surface area contributed by atoms with E-state index in [2.05, 4.69) is 27.0 Å². The summed E-state index contributed by atoms with van der Waals surface area (Å²) in [6, 6.07) is 0.987. The molecule has 0 atom stereocenters. The minimum Gasteiger partial charge on any atom is -0.502 e. The van der Waals surface area contributed by atoms with Crippen molar-refractivity contribution in [1.29, 1.82) is 0 Å². The van der Waals surface area contributed by atoms with E-state index in [4.69, 9.17) is 13.6 Å². The zero-order valence-corrected chi connectivity index (χ0v) is 12.0. The SMILES string of the molecule is C=COCCC[Si](C)(OCCC)OCCC. The lowest BCUT2D eigenvalue weighted by Crippen LogP contribution is -2.39. The summed E-state index contributed by atoms with van der Waals surface area (Å²) in [6.45, 7) is 12.2. The van der Waals surface area contributed by atoms with Crippen molar-refractivity contribution in [3.8, 4) is 0 Å². The maximum atomic E-state index is 5.90. The molecule has 0 aromatic carbocycles. The molecule has 0 aromatic heterocycles. The predicted octanol–water partition coefficient (Wildman–Crippen LogP) is 3.46. The summed E-state index contributed by atoms with van der Waals surface area (Å²) in [6.07, 6.45) is 4.54. The van der Waals surface area contributed by atoms with Gasteiger partial charge in [-0.1, -0.05) is 20.4 Å². The first-order valence-electron chi connectivity index (χ1n) is 6.19. The summed E-state index contributed by atoms with van der Waals surface area (Å²) in [5, 5.41) is 0. The fraction of sp³-hybridized carbons (Fsp3) is 0.833. The lowest BCUT2D eigenvalue weighted by Gasteiger charge is -2.26. The van der Waals surface area contributed by atoms with E-state index >= 15 is 0 Å². The van der Waals surface area contributed by atoms with E-state index in [0.29, 0.717) is 6.61 Å². The third-order valence-corrected chi connectivity index (χ3v) is 5.13. The Bertz CT molecular complexity index is 166. The summed E-state index contributed by atoms with van der Waals surface area (Å²) in [5.74, 6) is 0. The van der Waals surface area contributed by atoms with Crippen LogP contribution in [0.5, 0.6) is 0 Å². The molecule has 0 aliphatic rings. The fourth-order valence-corrected chi connectivity index (χ4v) is 3.81. The van der Waals surface area contributed by atoms with Crippen LogP contribution in [-0.2, 0) is 13.6 Å². The van der Waals surface area contributed by atoms with Gasteiger partial charge in [0.2, 0.25) is 0 Å². The number of ether oxygens (including phenoxy) is 1. The van der Waals surface area contributed by atoms with Crippen LogP contribution < -0.4 is 0 Å². The lowest BCUT2D eigenvalue weighted by molar-refractivity contribution is 0.168. The van der Waals surface area contributed by atoms with Crippen molar-refractivity contribution in [3.63, 3.8) is 0 Å². The van der Waals surface area contributed by atoms with Crippen LogP contribution in [0.25, 0.3) is 0 Å². The first kappa shape index (κ1) is 15.7. The molecule has 0 unspecified atom stereocenters. The first-order chi connectivity index (χ1) is 7.68. The van der Waals surface area contributed by atoms with Crippen LogP contribution >= 0.6 is 0 Å². The molecule has 0 amide bonds. The van der Waals surface area contributed by atoms with Gasteiger partial charge in [-0.05, 0) is 31.9 Å². The van der Waals surface area contributed by atoms with Gasteiger partial charge in [0.05, 0.1) is 12.9 Å². The van der Waals surface area contributed by atoms with Crippen LogP contribution in [-0.4, -0.2) is 28.4 Å². The molecule has 0 spiro atoms. The molecule has 0 radical (unpaired) electrons. The van der Waals surface area contributed by atoms with Crippen molar-refractivity contribution < 1.29 is 13.6 Å². The van der Waals surface area contributed by atoms with Gasteiger partial charge in [0, 0.05) is 13.2 Å². The molecule has 0 bridgehead atoms. The molecule has 0 aliphatic heterocycles. The van der Waals surface area contributed by atoms with E-state index in [1.54, 1.807) is 0 Å². The van der Waals surface area contributed by atoms with Gasteiger partial charge in [-0.3, -0.25) is 0 Å². The number of hydrogen-bond acceptors (Lipinski definition) is 3. The molecule has 96 valence electrons. The Morgan fingerprint density at radius 3 is 2.06 bits per heavy atom. The second kappa shape index (κ2) is 9.87.